The molecule has 0 aromatic carbocycles. The van der Waals surface area contributed by atoms with Crippen molar-refractivity contribution < 1.29 is 103 Å². The van der Waals surface area contributed by atoms with E-state index in [9.17, 15) is 9.59 Å². The molecule has 0 rings (SSSR count). The van der Waals surface area contributed by atoms with Gasteiger partial charge in [-0.2, -0.15) is 0 Å². The molecule has 2 N–H and O–H groups in total. The second kappa shape index (κ2) is 44.8. The van der Waals surface area contributed by atoms with Crippen LogP contribution in [0, 0.1) is 128 Å². The summed E-state index contributed by atoms with van der Waals surface area (Å²) >= 11 is 0. The first-order chi connectivity index (χ1) is 3.13. The van der Waals surface area contributed by atoms with Crippen molar-refractivity contribution in [2.45, 2.75) is 6.42 Å². The molecule has 0 aliphatic rings. The maximum atomic E-state index is 9.43. The second-order valence-corrected chi connectivity index (χ2v) is 0.964. The van der Waals surface area contributed by atoms with Crippen molar-refractivity contribution in [2.24, 2.45) is 0 Å². The maximum Gasteiger partial charge on any atom is 3.00 e. The molecule has 6 heteroatoms. The van der Waals surface area contributed by atoms with Gasteiger partial charge in [0.05, 0.1) is 0 Å². The van der Waals surface area contributed by atoms with Crippen molar-refractivity contribution in [1.29, 1.82) is 0 Å². The second-order valence-electron chi connectivity index (χ2n) is 0.964. The van der Waals surface area contributed by atoms with Crippen LogP contribution in [-0.4, -0.2) is 22.2 Å². The molecule has 2 radical (unpaired) electrons. The molecule has 90 valence electrons. The van der Waals surface area contributed by atoms with Crippen molar-refractivity contribution in [2.75, 3.05) is 0 Å². The zero-order valence-corrected chi connectivity index (χ0v) is 16.7. The molecule has 0 aliphatic heterocycles. The van der Waals surface area contributed by atoms with Crippen LogP contribution in [0.1, 0.15) is 6.42 Å². The van der Waals surface area contributed by atoms with Gasteiger partial charge in [0.15, 0.2) is 0 Å². The monoisotopic (exact) mass is 474 g/mol. The average Bonchev–Trinajstić information content (AvgIpc) is 1.27. The number of carboxylic acid groups (broad SMARTS) is 2. The fraction of sp³-hybridized carbons (Fsp3) is 0.111. The minimum atomic E-state index is -1.31. The first kappa shape index (κ1) is 69.5. The van der Waals surface area contributed by atoms with Crippen molar-refractivity contribution in [1.82, 2.24) is 0 Å². The molecule has 0 atom stereocenters. The number of carbonyl (C=O) groups is 2. The molecule has 0 amide bonds. The Morgan fingerprint density at radius 1 is 0.667 bits per heavy atom. The van der Waals surface area contributed by atoms with E-state index in [0.717, 1.165) is 0 Å². The molecule has 0 unspecified atom stereocenters. The van der Waals surface area contributed by atoms with Crippen molar-refractivity contribution in [3.05, 3.63) is 44.6 Å². The van der Waals surface area contributed by atoms with Crippen LogP contribution in [0.2, 0.25) is 0 Å². The summed E-state index contributed by atoms with van der Waals surface area (Å²) in [6.07, 6.45) is -0.806. The summed E-state index contributed by atoms with van der Waals surface area (Å²) in [5.41, 5.74) is 0. The van der Waals surface area contributed by atoms with E-state index in [-0.39, 0.29) is 128 Å². The van der Waals surface area contributed by atoms with E-state index in [0.29, 0.717) is 0 Å². The van der Waals surface area contributed by atoms with Gasteiger partial charge in [-0.1, -0.05) is 0 Å². The first-order valence-corrected chi connectivity index (χ1v) is 1.56. The third-order valence-electron chi connectivity index (χ3n) is 0.302. The van der Waals surface area contributed by atoms with Gasteiger partial charge in [0, 0.05) is 0 Å². The Balaban J connectivity index is -0.00000000643. The van der Waals surface area contributed by atoms with Crippen LogP contribution >= 0.6 is 0 Å². The Labute approximate surface area is 163 Å². The third kappa shape index (κ3) is 90.8. The van der Waals surface area contributed by atoms with Crippen LogP contribution in [0.4, 0.5) is 0 Å². The number of hydrogen-bond donors (Lipinski definition) is 2. The van der Waals surface area contributed by atoms with Crippen LogP contribution in [0.3, 0.4) is 0 Å². The van der Waals surface area contributed by atoms with Crippen molar-refractivity contribution in [3.63, 3.8) is 0 Å². The molecule has 0 aliphatic carbocycles. The Hall–Kier alpha value is 1.69. The Morgan fingerprint density at radius 2 is 0.800 bits per heavy atom. The van der Waals surface area contributed by atoms with Gasteiger partial charge in [-0.3, -0.25) is 9.59 Å². The quantitative estimate of drug-likeness (QED) is 0.476. The van der Waals surface area contributed by atoms with Gasteiger partial charge < -0.3 is 54.8 Å². The largest absolute Gasteiger partial charge is 3.00 e. The summed E-state index contributed by atoms with van der Waals surface area (Å²) in [5, 5.41) is 15.4. The van der Waals surface area contributed by atoms with E-state index >= 15 is 0 Å². The third-order valence-corrected chi connectivity index (χ3v) is 0.302. The molecule has 0 saturated carbocycles. The molecule has 0 heterocycles. The number of aliphatic carboxylic acids is 2. The van der Waals surface area contributed by atoms with Gasteiger partial charge >= 0.3 is 95.4 Å². The van der Waals surface area contributed by atoms with E-state index in [1.807, 2.05) is 0 Å². The number of hydrogen-bond acceptors (Lipinski definition) is 2. The van der Waals surface area contributed by atoms with Crippen LogP contribution in [0.5, 0.6) is 0 Å². The Morgan fingerprint density at radius 3 is 0.800 bits per heavy atom. The van der Waals surface area contributed by atoms with E-state index in [4.69, 9.17) is 10.2 Å². The summed E-state index contributed by atoms with van der Waals surface area (Å²) in [7, 11) is 0. The first-order valence-electron chi connectivity index (χ1n) is 1.56. The summed E-state index contributed by atoms with van der Waals surface area (Å²) in [5.74, 6) is -2.62. The van der Waals surface area contributed by atoms with Crippen molar-refractivity contribution in [3.8, 4) is 0 Å². The minimum Gasteiger partial charge on any atom is -0.481 e. The topological polar surface area (TPSA) is 74.6 Å². The Kier molecular flexibility index (Phi) is 208. The van der Waals surface area contributed by atoms with E-state index in [1.165, 1.54) is 0 Å². The molecular weight excluding hydrogens is 452 g/mol. The molecule has 4 nitrogen and oxygen atoms in total. The number of rotatable bonds is 2. The standard InChI is InChI=1S/C3H4O4.6CH3.2Ce/c4-2(5)1-3(6)7;;;;;;;;/h1H2,(H,4,5)(H,6,7);6*1H3;;/q;6*-1;2*+3. The molecule has 0 aromatic rings. The zero-order valence-electron chi connectivity index (χ0n) is 10.4. The zero-order chi connectivity index (χ0) is 5.86. The van der Waals surface area contributed by atoms with E-state index < -0.39 is 18.4 Å². The normalized spacial score (nSPS) is 3.73. The fourth-order valence-electron chi connectivity index (χ4n) is 0.129. The smallest absolute Gasteiger partial charge is 0.481 e. The molecule has 0 aromatic heterocycles. The molecular formula is C9H22Ce2O4. The van der Waals surface area contributed by atoms with Gasteiger partial charge in [-0.05, 0) is 0 Å². The summed E-state index contributed by atoms with van der Waals surface area (Å²) < 4.78 is 0. The van der Waals surface area contributed by atoms with Crippen molar-refractivity contribution >= 4 is 11.9 Å². The van der Waals surface area contributed by atoms with Crippen LogP contribution in [0.15, 0.2) is 0 Å². The minimum absolute atomic E-state index is 0. The SMILES string of the molecule is O=C(O)CC(=O)O.[CH3-].[CH3-].[CH3-].[CH3-].[CH3-].[CH3-].[Ce+3].[Ce+3]. The Bertz CT molecular complexity index is 96.3. The molecule has 0 bridgehead atoms. The van der Waals surface area contributed by atoms with Crippen LogP contribution < -0.4 is 0 Å². The van der Waals surface area contributed by atoms with Crippen LogP contribution in [-0.2, 0) is 9.59 Å². The van der Waals surface area contributed by atoms with Gasteiger partial charge in [-0.15, -0.1) is 0 Å². The van der Waals surface area contributed by atoms with Gasteiger partial charge in [-0.25, -0.2) is 0 Å². The molecule has 0 fully saturated rings. The van der Waals surface area contributed by atoms with Gasteiger partial charge in [0.1, 0.15) is 6.42 Å². The number of carboxylic acids is 2. The summed E-state index contributed by atoms with van der Waals surface area (Å²) in [6, 6.07) is 0. The molecule has 0 spiro atoms. The van der Waals surface area contributed by atoms with Gasteiger partial charge in [0.2, 0.25) is 0 Å². The van der Waals surface area contributed by atoms with Crippen LogP contribution in [0.25, 0.3) is 0 Å². The average molecular weight is 475 g/mol. The van der Waals surface area contributed by atoms with E-state index in [1.54, 1.807) is 0 Å². The summed E-state index contributed by atoms with van der Waals surface area (Å²) in [4.78, 5) is 18.9. The maximum absolute atomic E-state index is 9.43. The molecule has 0 saturated heterocycles. The van der Waals surface area contributed by atoms with Gasteiger partial charge in [0.25, 0.3) is 0 Å². The van der Waals surface area contributed by atoms with E-state index in [2.05, 4.69) is 0 Å². The predicted octanol–water partition coefficient (Wildman–Crippen LogP) is 2.25. The summed E-state index contributed by atoms with van der Waals surface area (Å²) in [6.45, 7) is 0. The molecule has 15 heavy (non-hydrogen) atoms. The predicted molar refractivity (Wildman–Crippen MR) is 58.4 cm³/mol. The fourth-order valence-corrected chi connectivity index (χ4v) is 0.129.